The summed E-state index contributed by atoms with van der Waals surface area (Å²) in [5.74, 6) is -0.416. The van der Waals surface area contributed by atoms with Crippen LogP contribution < -0.4 is 9.46 Å². The number of nitrogens with one attached hydrogen (secondary N) is 1. The summed E-state index contributed by atoms with van der Waals surface area (Å²) in [5, 5.41) is 10.7. The maximum atomic E-state index is 13.5. The maximum Gasteiger partial charge on any atom is 0.419 e. The van der Waals surface area contributed by atoms with Crippen LogP contribution in [0.3, 0.4) is 0 Å². The average Bonchev–Trinajstić information content (AvgIpc) is 3.42. The molecule has 6 nitrogen and oxygen atoms in total. The number of hydrogen-bond donors (Lipinski definition) is 1. The number of likely N-dealkylation sites (tertiary alicyclic amines) is 1. The molecular formula is C23H20F3N3O3S2. The number of halogens is 3. The van der Waals surface area contributed by atoms with Crippen molar-refractivity contribution in [3.8, 4) is 22.9 Å². The summed E-state index contributed by atoms with van der Waals surface area (Å²) in [6.07, 6.45) is -4.50. The fourth-order valence-corrected chi connectivity index (χ4v) is 6.21. The first-order chi connectivity index (χ1) is 16.1. The fraction of sp³-hybridized carbons (Fsp3) is 0.261. The molecule has 2 heterocycles. The van der Waals surface area contributed by atoms with E-state index in [1.807, 2.05) is 18.0 Å². The molecule has 0 radical (unpaired) electrons. The third-order valence-electron chi connectivity index (χ3n) is 5.36. The lowest BCUT2D eigenvalue weighted by atomic mass is 10.1. The van der Waals surface area contributed by atoms with E-state index in [1.54, 1.807) is 35.7 Å². The molecule has 1 aliphatic heterocycles. The highest BCUT2D eigenvalue weighted by molar-refractivity contribution is 7.94. The van der Waals surface area contributed by atoms with Crippen molar-refractivity contribution >= 4 is 27.0 Å². The minimum atomic E-state index is -4.65. The van der Waals surface area contributed by atoms with Crippen LogP contribution in [-0.2, 0) is 16.2 Å². The van der Waals surface area contributed by atoms with Crippen LogP contribution in [0, 0.1) is 11.3 Å². The van der Waals surface area contributed by atoms with Crippen LogP contribution in [0.25, 0.3) is 11.1 Å². The summed E-state index contributed by atoms with van der Waals surface area (Å²) in [4.78, 5) is 1.95. The molecule has 178 valence electrons. The van der Waals surface area contributed by atoms with Crippen molar-refractivity contribution in [3.63, 3.8) is 0 Å². The Kier molecular flexibility index (Phi) is 6.58. The first-order valence-electron chi connectivity index (χ1n) is 10.2. The molecule has 1 aliphatic rings. The molecule has 0 amide bonds. The van der Waals surface area contributed by atoms with Gasteiger partial charge in [-0.2, -0.15) is 18.4 Å². The lowest BCUT2D eigenvalue weighted by Gasteiger charge is -2.19. The summed E-state index contributed by atoms with van der Waals surface area (Å²) in [7, 11) is -2.28. The van der Waals surface area contributed by atoms with E-state index >= 15 is 0 Å². The van der Waals surface area contributed by atoms with Crippen LogP contribution in [-0.4, -0.2) is 39.6 Å². The number of alkyl halides is 3. The van der Waals surface area contributed by atoms with E-state index in [0.717, 1.165) is 29.5 Å². The number of rotatable bonds is 6. The molecule has 1 N–H and O–H groups in total. The molecule has 4 rings (SSSR count). The molecule has 11 heteroatoms. The highest BCUT2D eigenvalue weighted by Crippen LogP contribution is 2.40. The Labute approximate surface area is 199 Å². The smallest absolute Gasteiger partial charge is 0.419 e. The quantitative estimate of drug-likeness (QED) is 0.497. The number of thiophene rings is 1. The Morgan fingerprint density at radius 2 is 2.00 bits per heavy atom. The molecule has 1 atom stereocenters. The first kappa shape index (κ1) is 24.1. The Morgan fingerprint density at radius 3 is 2.68 bits per heavy atom. The van der Waals surface area contributed by atoms with E-state index < -0.39 is 33.6 Å². The van der Waals surface area contributed by atoms with Gasteiger partial charge >= 0.3 is 6.18 Å². The van der Waals surface area contributed by atoms with Gasteiger partial charge < -0.3 is 9.64 Å². The van der Waals surface area contributed by atoms with E-state index in [-0.39, 0.29) is 9.90 Å². The topological polar surface area (TPSA) is 82.4 Å². The predicted molar refractivity (Wildman–Crippen MR) is 123 cm³/mol. The zero-order valence-corrected chi connectivity index (χ0v) is 19.6. The Hall–Kier alpha value is -3.07. The van der Waals surface area contributed by atoms with Crippen molar-refractivity contribution in [1.82, 2.24) is 4.90 Å². The standard InChI is InChI=1S/C23H20F3N3O3S2/c1-29-9-7-18(14-29)32-21-12-17(5-6-20(21)23(24,25)26)28-34(30,31)22-19(8-10-33-22)16-4-2-3-15(11-16)13-27/h2-6,8,10-12,18,28H,7,9,14H2,1H3. The molecule has 2 aromatic carbocycles. The molecule has 0 bridgehead atoms. The van der Waals surface area contributed by atoms with Crippen molar-refractivity contribution in [1.29, 1.82) is 5.26 Å². The van der Waals surface area contributed by atoms with Gasteiger partial charge in [-0.15, -0.1) is 11.3 Å². The largest absolute Gasteiger partial charge is 0.488 e. The summed E-state index contributed by atoms with van der Waals surface area (Å²) >= 11 is 0.972. The van der Waals surface area contributed by atoms with E-state index in [2.05, 4.69) is 4.72 Å². The summed E-state index contributed by atoms with van der Waals surface area (Å²) in [5.41, 5.74) is 0.311. The van der Waals surface area contributed by atoms with Crippen molar-refractivity contribution in [2.45, 2.75) is 22.9 Å². The molecule has 0 aliphatic carbocycles. The molecule has 34 heavy (non-hydrogen) atoms. The third kappa shape index (κ3) is 5.19. The van der Waals surface area contributed by atoms with E-state index in [4.69, 9.17) is 10.00 Å². The van der Waals surface area contributed by atoms with Gasteiger partial charge in [-0.05, 0) is 54.7 Å². The average molecular weight is 508 g/mol. The number of nitrogens with zero attached hydrogens (tertiary/aromatic N) is 2. The van der Waals surface area contributed by atoms with Gasteiger partial charge in [0.25, 0.3) is 10.0 Å². The van der Waals surface area contributed by atoms with Gasteiger partial charge in [0, 0.05) is 24.7 Å². The number of sulfonamides is 1. The molecule has 0 spiro atoms. The molecule has 3 aromatic rings. The van der Waals surface area contributed by atoms with Gasteiger partial charge in [0.05, 0.1) is 22.9 Å². The zero-order valence-electron chi connectivity index (χ0n) is 18.0. The number of likely N-dealkylation sites (N-methyl/N-ethyl adjacent to an activating group) is 1. The SMILES string of the molecule is CN1CCC(Oc2cc(NS(=O)(=O)c3sccc3-c3cccc(C#N)c3)ccc2C(F)(F)F)C1. The maximum absolute atomic E-state index is 13.5. The number of benzene rings is 2. The molecule has 1 saturated heterocycles. The van der Waals surface area contributed by atoms with Crippen molar-refractivity contribution < 1.29 is 26.3 Å². The van der Waals surface area contributed by atoms with Crippen LogP contribution in [0.4, 0.5) is 18.9 Å². The number of hydrogen-bond acceptors (Lipinski definition) is 6. The van der Waals surface area contributed by atoms with E-state index in [0.29, 0.717) is 36.2 Å². The van der Waals surface area contributed by atoms with Crippen LogP contribution >= 0.6 is 11.3 Å². The van der Waals surface area contributed by atoms with E-state index in [1.165, 1.54) is 0 Å². The van der Waals surface area contributed by atoms with Gasteiger partial charge in [-0.3, -0.25) is 4.72 Å². The Balaban J connectivity index is 1.65. The Morgan fingerprint density at radius 1 is 1.21 bits per heavy atom. The van der Waals surface area contributed by atoms with Gasteiger partial charge in [0.2, 0.25) is 0 Å². The minimum Gasteiger partial charge on any atom is -0.488 e. The highest BCUT2D eigenvalue weighted by atomic mass is 32.2. The summed E-state index contributed by atoms with van der Waals surface area (Å²) < 4.78 is 74.9. The van der Waals surface area contributed by atoms with E-state index in [9.17, 15) is 21.6 Å². The van der Waals surface area contributed by atoms with Crippen LogP contribution in [0.1, 0.15) is 17.5 Å². The number of nitriles is 1. The second-order valence-electron chi connectivity index (χ2n) is 7.92. The first-order valence-corrected chi connectivity index (χ1v) is 12.6. The fourth-order valence-electron chi connectivity index (χ4n) is 3.76. The zero-order chi connectivity index (χ0) is 24.5. The van der Waals surface area contributed by atoms with Crippen LogP contribution in [0.5, 0.6) is 5.75 Å². The van der Waals surface area contributed by atoms with Crippen molar-refractivity contribution in [3.05, 3.63) is 65.0 Å². The lowest BCUT2D eigenvalue weighted by molar-refractivity contribution is -0.139. The number of ether oxygens (including phenoxy) is 1. The second-order valence-corrected chi connectivity index (χ2v) is 10.7. The normalized spacial score (nSPS) is 16.9. The van der Waals surface area contributed by atoms with Gasteiger partial charge in [-0.1, -0.05) is 12.1 Å². The molecule has 1 fully saturated rings. The molecular weight excluding hydrogens is 487 g/mol. The second kappa shape index (κ2) is 9.29. The van der Waals surface area contributed by atoms with Crippen LogP contribution in [0.15, 0.2) is 58.1 Å². The molecule has 1 aromatic heterocycles. The van der Waals surface area contributed by atoms with Crippen molar-refractivity contribution in [2.24, 2.45) is 0 Å². The monoisotopic (exact) mass is 507 g/mol. The molecule has 1 unspecified atom stereocenters. The van der Waals surface area contributed by atoms with Crippen LogP contribution in [0.2, 0.25) is 0 Å². The highest BCUT2D eigenvalue weighted by Gasteiger charge is 2.36. The van der Waals surface area contributed by atoms with Gasteiger partial charge in [0.15, 0.2) is 0 Å². The third-order valence-corrected chi connectivity index (χ3v) is 8.22. The molecule has 0 saturated carbocycles. The van der Waals surface area contributed by atoms with Crippen molar-refractivity contribution in [2.75, 3.05) is 24.9 Å². The van der Waals surface area contributed by atoms with Gasteiger partial charge in [0.1, 0.15) is 16.1 Å². The Bertz CT molecular complexity index is 1350. The summed E-state index contributed by atoms with van der Waals surface area (Å²) in [6.45, 7) is 1.18. The number of anilines is 1. The lowest BCUT2D eigenvalue weighted by Crippen LogP contribution is -2.23. The minimum absolute atomic E-state index is 0.0117. The predicted octanol–water partition coefficient (Wildman–Crippen LogP) is 5.19. The summed E-state index contributed by atoms with van der Waals surface area (Å²) in [6, 6.07) is 13.1. The van der Waals surface area contributed by atoms with Gasteiger partial charge in [-0.25, -0.2) is 8.42 Å².